The van der Waals surface area contributed by atoms with Crippen LogP contribution in [0, 0.1) is 5.92 Å². The maximum atomic E-state index is 11.1. The molecule has 3 N–H and O–H groups in total. The average molecular weight is 227 g/mol. The molecule has 1 rings (SSSR count). The molecule has 2 unspecified atom stereocenters. The van der Waals surface area contributed by atoms with Crippen molar-refractivity contribution in [1.82, 2.24) is 10.2 Å². The summed E-state index contributed by atoms with van der Waals surface area (Å²) in [5.74, 6) is 0.792. The lowest BCUT2D eigenvalue weighted by Crippen LogP contribution is -2.38. The van der Waals surface area contributed by atoms with Crippen molar-refractivity contribution in [3.05, 3.63) is 0 Å². The summed E-state index contributed by atoms with van der Waals surface area (Å²) < 4.78 is 0. The minimum atomic E-state index is 0.134. The van der Waals surface area contributed by atoms with Gasteiger partial charge in [-0.3, -0.25) is 4.79 Å². The number of amides is 1. The summed E-state index contributed by atoms with van der Waals surface area (Å²) >= 11 is 0. The van der Waals surface area contributed by atoms with E-state index in [9.17, 15) is 4.79 Å². The normalized spacial score (nSPS) is 25.0. The Kier molecular flexibility index (Phi) is 5.77. The van der Waals surface area contributed by atoms with E-state index in [1.165, 1.54) is 19.3 Å². The molecule has 1 fully saturated rings. The van der Waals surface area contributed by atoms with Gasteiger partial charge in [-0.2, -0.15) is 0 Å². The Morgan fingerprint density at radius 1 is 1.50 bits per heavy atom. The van der Waals surface area contributed by atoms with Crippen LogP contribution in [0.5, 0.6) is 0 Å². The van der Waals surface area contributed by atoms with Gasteiger partial charge >= 0.3 is 0 Å². The van der Waals surface area contributed by atoms with Crippen molar-refractivity contribution in [3.8, 4) is 0 Å². The van der Waals surface area contributed by atoms with Crippen LogP contribution in [0.4, 0.5) is 0 Å². The molecule has 1 aliphatic carbocycles. The van der Waals surface area contributed by atoms with Crippen LogP contribution >= 0.6 is 0 Å². The second-order valence-electron chi connectivity index (χ2n) is 4.75. The van der Waals surface area contributed by atoms with E-state index in [-0.39, 0.29) is 5.91 Å². The van der Waals surface area contributed by atoms with Crippen molar-refractivity contribution < 1.29 is 4.79 Å². The fourth-order valence-corrected chi connectivity index (χ4v) is 2.65. The van der Waals surface area contributed by atoms with Crippen LogP contribution in [0.1, 0.15) is 32.1 Å². The Morgan fingerprint density at radius 3 is 2.88 bits per heavy atom. The van der Waals surface area contributed by atoms with E-state index in [1.54, 1.807) is 7.05 Å². The first-order valence-electron chi connectivity index (χ1n) is 6.30. The third-order valence-corrected chi connectivity index (χ3v) is 3.68. The van der Waals surface area contributed by atoms with Crippen molar-refractivity contribution in [2.75, 3.05) is 27.2 Å². The molecule has 4 heteroatoms. The number of nitrogens with zero attached hydrogens (tertiary/aromatic N) is 1. The van der Waals surface area contributed by atoms with Gasteiger partial charge in [0.25, 0.3) is 0 Å². The summed E-state index contributed by atoms with van der Waals surface area (Å²) in [7, 11) is 3.84. The van der Waals surface area contributed by atoms with Crippen LogP contribution in [-0.2, 0) is 4.79 Å². The molecule has 0 radical (unpaired) electrons. The smallest absolute Gasteiger partial charge is 0.219 e. The Hall–Kier alpha value is -0.610. The SMILES string of the molecule is CNC(=O)CCCN(C)C1CCCC1CN. The quantitative estimate of drug-likeness (QED) is 0.697. The van der Waals surface area contributed by atoms with E-state index in [0.717, 1.165) is 19.5 Å². The molecule has 0 spiro atoms. The zero-order valence-electron chi connectivity index (χ0n) is 10.5. The molecule has 4 nitrogen and oxygen atoms in total. The lowest BCUT2D eigenvalue weighted by molar-refractivity contribution is -0.120. The molecule has 94 valence electrons. The van der Waals surface area contributed by atoms with Gasteiger partial charge in [0.2, 0.25) is 5.91 Å². The predicted octanol–water partition coefficient (Wildman–Crippen LogP) is 0.572. The van der Waals surface area contributed by atoms with E-state index in [1.807, 2.05) is 0 Å². The highest BCUT2D eigenvalue weighted by Gasteiger charge is 2.28. The van der Waals surface area contributed by atoms with E-state index < -0.39 is 0 Å². The second-order valence-corrected chi connectivity index (χ2v) is 4.75. The summed E-state index contributed by atoms with van der Waals surface area (Å²) in [5.41, 5.74) is 5.77. The summed E-state index contributed by atoms with van der Waals surface area (Å²) in [5, 5.41) is 2.65. The van der Waals surface area contributed by atoms with Gasteiger partial charge < -0.3 is 16.0 Å². The minimum absolute atomic E-state index is 0.134. The Balaban J connectivity index is 2.23. The zero-order valence-corrected chi connectivity index (χ0v) is 10.5. The molecule has 1 amide bonds. The predicted molar refractivity (Wildman–Crippen MR) is 66.1 cm³/mol. The fourth-order valence-electron chi connectivity index (χ4n) is 2.65. The first-order valence-corrected chi connectivity index (χ1v) is 6.30. The van der Waals surface area contributed by atoms with Crippen LogP contribution in [0.15, 0.2) is 0 Å². The Labute approximate surface area is 98.6 Å². The van der Waals surface area contributed by atoms with Gasteiger partial charge in [0.05, 0.1) is 0 Å². The van der Waals surface area contributed by atoms with E-state index in [4.69, 9.17) is 5.73 Å². The zero-order chi connectivity index (χ0) is 12.0. The average Bonchev–Trinajstić information content (AvgIpc) is 2.76. The second kappa shape index (κ2) is 6.86. The molecule has 0 aromatic rings. The largest absolute Gasteiger partial charge is 0.359 e. The van der Waals surface area contributed by atoms with Crippen LogP contribution < -0.4 is 11.1 Å². The van der Waals surface area contributed by atoms with Crippen LogP contribution in [0.3, 0.4) is 0 Å². The molecule has 0 bridgehead atoms. The molecule has 0 aromatic carbocycles. The van der Waals surface area contributed by atoms with Crippen molar-refractivity contribution >= 4 is 5.91 Å². The molecule has 0 saturated heterocycles. The van der Waals surface area contributed by atoms with Crippen LogP contribution in [0.2, 0.25) is 0 Å². The Morgan fingerprint density at radius 2 is 2.25 bits per heavy atom. The van der Waals surface area contributed by atoms with E-state index >= 15 is 0 Å². The van der Waals surface area contributed by atoms with E-state index in [0.29, 0.717) is 18.4 Å². The lowest BCUT2D eigenvalue weighted by atomic mass is 10.0. The molecule has 1 saturated carbocycles. The van der Waals surface area contributed by atoms with Gasteiger partial charge in [0.15, 0.2) is 0 Å². The molecule has 1 aliphatic rings. The molecular formula is C12H25N3O. The summed E-state index contributed by atoms with van der Waals surface area (Å²) in [6.07, 6.45) is 5.39. The van der Waals surface area contributed by atoms with Gasteiger partial charge in [-0.1, -0.05) is 6.42 Å². The molecule has 2 atom stereocenters. The minimum Gasteiger partial charge on any atom is -0.359 e. The highest BCUT2D eigenvalue weighted by atomic mass is 16.1. The third-order valence-electron chi connectivity index (χ3n) is 3.68. The molecular weight excluding hydrogens is 202 g/mol. The molecule has 0 heterocycles. The van der Waals surface area contributed by atoms with Crippen molar-refractivity contribution in [1.29, 1.82) is 0 Å². The molecule has 0 aliphatic heterocycles. The first kappa shape index (κ1) is 13.5. The summed E-state index contributed by atoms with van der Waals surface area (Å²) in [6, 6.07) is 0.634. The van der Waals surface area contributed by atoms with Gasteiger partial charge in [0.1, 0.15) is 0 Å². The first-order chi connectivity index (χ1) is 7.69. The number of carbonyl (C=O) groups is 1. The van der Waals surface area contributed by atoms with Crippen molar-refractivity contribution in [2.45, 2.75) is 38.1 Å². The Bertz CT molecular complexity index is 220. The number of carbonyl (C=O) groups excluding carboxylic acids is 1. The number of rotatable bonds is 6. The van der Waals surface area contributed by atoms with Crippen molar-refractivity contribution in [3.63, 3.8) is 0 Å². The number of nitrogens with one attached hydrogen (secondary N) is 1. The summed E-state index contributed by atoms with van der Waals surface area (Å²) in [6.45, 7) is 1.79. The fraction of sp³-hybridized carbons (Fsp3) is 0.917. The lowest BCUT2D eigenvalue weighted by Gasteiger charge is -2.28. The van der Waals surface area contributed by atoms with E-state index in [2.05, 4.69) is 17.3 Å². The van der Waals surface area contributed by atoms with Gasteiger partial charge in [0, 0.05) is 19.5 Å². The molecule has 16 heavy (non-hydrogen) atoms. The maximum Gasteiger partial charge on any atom is 0.219 e. The monoisotopic (exact) mass is 227 g/mol. The standard InChI is InChI=1S/C12H25N3O/c1-14-12(16)7-4-8-15(2)11-6-3-5-10(11)9-13/h10-11H,3-9,13H2,1-2H3,(H,14,16). The van der Waals surface area contributed by atoms with Crippen LogP contribution in [-0.4, -0.2) is 44.0 Å². The number of hydrogen-bond acceptors (Lipinski definition) is 3. The summed E-state index contributed by atoms with van der Waals surface area (Å²) in [4.78, 5) is 13.5. The van der Waals surface area contributed by atoms with Crippen molar-refractivity contribution in [2.24, 2.45) is 11.7 Å². The number of hydrogen-bond donors (Lipinski definition) is 2. The maximum absolute atomic E-state index is 11.1. The van der Waals surface area contributed by atoms with Gasteiger partial charge in [-0.05, 0) is 45.3 Å². The van der Waals surface area contributed by atoms with Crippen LogP contribution in [0.25, 0.3) is 0 Å². The van der Waals surface area contributed by atoms with Gasteiger partial charge in [-0.15, -0.1) is 0 Å². The highest BCUT2D eigenvalue weighted by Crippen LogP contribution is 2.28. The number of nitrogens with two attached hydrogens (primary N) is 1. The molecule has 0 aromatic heterocycles. The topological polar surface area (TPSA) is 58.4 Å². The highest BCUT2D eigenvalue weighted by molar-refractivity contribution is 5.75. The third kappa shape index (κ3) is 3.76. The van der Waals surface area contributed by atoms with Gasteiger partial charge in [-0.25, -0.2) is 0 Å².